The molecule has 0 amide bonds. The molecule has 5 heteroatoms. The predicted octanol–water partition coefficient (Wildman–Crippen LogP) is 4.06. The first-order valence-electron chi connectivity index (χ1n) is 6.10. The van der Waals surface area contributed by atoms with E-state index in [9.17, 15) is 0 Å². The molecule has 3 rings (SSSR count). The molecule has 100 valence electrons. The fraction of sp³-hybridized carbons (Fsp3) is 0.0667. The summed E-state index contributed by atoms with van der Waals surface area (Å²) >= 11 is 3.36. The number of nitrogens with two attached hydrogens (primary N) is 1. The molecule has 0 aliphatic carbocycles. The highest BCUT2D eigenvalue weighted by Crippen LogP contribution is 2.28. The summed E-state index contributed by atoms with van der Waals surface area (Å²) in [5, 5.41) is 4.04. The molecule has 0 radical (unpaired) electrons. The molecule has 3 aromatic rings. The second kappa shape index (κ2) is 5.09. The van der Waals surface area contributed by atoms with Crippen LogP contribution in [0.25, 0.3) is 22.8 Å². The Hall–Kier alpha value is -2.14. The number of aromatic nitrogens is 2. The van der Waals surface area contributed by atoms with Gasteiger partial charge in [0.2, 0.25) is 5.82 Å². The van der Waals surface area contributed by atoms with E-state index in [1.54, 1.807) is 6.07 Å². The molecule has 2 aromatic carbocycles. The van der Waals surface area contributed by atoms with Gasteiger partial charge in [0.05, 0.1) is 0 Å². The molecule has 0 fully saturated rings. The minimum absolute atomic E-state index is 0.461. The lowest BCUT2D eigenvalue weighted by atomic mass is 10.1. The second-order valence-electron chi connectivity index (χ2n) is 4.47. The molecule has 0 saturated carbocycles. The summed E-state index contributed by atoms with van der Waals surface area (Å²) in [6.07, 6.45) is 0. The normalized spacial score (nSPS) is 10.7. The Morgan fingerprint density at radius 1 is 1.15 bits per heavy atom. The van der Waals surface area contributed by atoms with Gasteiger partial charge in [-0.2, -0.15) is 4.98 Å². The van der Waals surface area contributed by atoms with Crippen molar-refractivity contribution in [3.8, 4) is 22.8 Å². The Labute approximate surface area is 124 Å². The third-order valence-corrected chi connectivity index (χ3v) is 3.78. The lowest BCUT2D eigenvalue weighted by Crippen LogP contribution is -1.88. The van der Waals surface area contributed by atoms with Crippen molar-refractivity contribution in [3.05, 3.63) is 52.5 Å². The van der Waals surface area contributed by atoms with Crippen LogP contribution >= 0.6 is 15.9 Å². The monoisotopic (exact) mass is 329 g/mol. The largest absolute Gasteiger partial charge is 0.398 e. The van der Waals surface area contributed by atoms with Crippen LogP contribution in [0.1, 0.15) is 5.56 Å². The van der Waals surface area contributed by atoms with Crippen molar-refractivity contribution >= 4 is 21.6 Å². The van der Waals surface area contributed by atoms with Gasteiger partial charge in [0.15, 0.2) is 0 Å². The summed E-state index contributed by atoms with van der Waals surface area (Å²) in [5.41, 5.74) is 9.38. The smallest absolute Gasteiger partial charge is 0.258 e. The first-order chi connectivity index (χ1) is 9.65. The van der Waals surface area contributed by atoms with Crippen molar-refractivity contribution in [2.75, 3.05) is 5.73 Å². The van der Waals surface area contributed by atoms with Crippen LogP contribution in [0, 0.1) is 6.92 Å². The van der Waals surface area contributed by atoms with Crippen molar-refractivity contribution < 1.29 is 4.52 Å². The maximum atomic E-state index is 5.86. The average molecular weight is 330 g/mol. The summed E-state index contributed by atoms with van der Waals surface area (Å²) in [6.45, 7) is 2.02. The van der Waals surface area contributed by atoms with Gasteiger partial charge in [-0.15, -0.1) is 0 Å². The molecule has 0 bridgehead atoms. The van der Waals surface area contributed by atoms with Crippen LogP contribution in [-0.4, -0.2) is 10.1 Å². The molecule has 0 spiro atoms. The third kappa shape index (κ3) is 2.32. The van der Waals surface area contributed by atoms with E-state index in [0.29, 0.717) is 17.4 Å². The van der Waals surface area contributed by atoms with Crippen LogP contribution in [0.3, 0.4) is 0 Å². The van der Waals surface area contributed by atoms with E-state index in [1.807, 2.05) is 43.3 Å². The Kier molecular flexibility index (Phi) is 3.28. The van der Waals surface area contributed by atoms with Crippen LogP contribution in [-0.2, 0) is 0 Å². The quantitative estimate of drug-likeness (QED) is 0.720. The van der Waals surface area contributed by atoms with Gasteiger partial charge in [-0.1, -0.05) is 29.4 Å². The maximum absolute atomic E-state index is 5.86. The van der Waals surface area contributed by atoms with E-state index >= 15 is 0 Å². The first-order valence-corrected chi connectivity index (χ1v) is 6.89. The van der Waals surface area contributed by atoms with Crippen molar-refractivity contribution in [2.45, 2.75) is 6.92 Å². The summed E-state index contributed by atoms with van der Waals surface area (Å²) in [5.74, 6) is 1.04. The highest BCUT2D eigenvalue weighted by atomic mass is 79.9. The van der Waals surface area contributed by atoms with Crippen LogP contribution in [0.5, 0.6) is 0 Å². The third-order valence-electron chi connectivity index (χ3n) is 3.05. The maximum Gasteiger partial charge on any atom is 0.258 e. The van der Waals surface area contributed by atoms with Gasteiger partial charge in [-0.3, -0.25) is 0 Å². The van der Waals surface area contributed by atoms with Crippen molar-refractivity contribution in [2.24, 2.45) is 0 Å². The van der Waals surface area contributed by atoms with Gasteiger partial charge < -0.3 is 10.3 Å². The first kappa shape index (κ1) is 12.9. The predicted molar refractivity (Wildman–Crippen MR) is 82.0 cm³/mol. The zero-order valence-electron chi connectivity index (χ0n) is 10.8. The summed E-state index contributed by atoms with van der Waals surface area (Å²) in [7, 11) is 0. The Balaban J connectivity index is 2.02. The van der Waals surface area contributed by atoms with Crippen molar-refractivity contribution in [3.63, 3.8) is 0 Å². The summed E-state index contributed by atoms with van der Waals surface area (Å²) in [4.78, 5) is 4.43. The van der Waals surface area contributed by atoms with Gasteiger partial charge in [0, 0.05) is 21.3 Å². The standard InChI is InChI=1S/C15H12BrN3O/c1-9-4-2-3-5-11(9)14-18-15(20-19-14)10-6-7-12(16)13(17)8-10/h2-8H,17H2,1H3. The molecular weight excluding hydrogens is 318 g/mol. The van der Waals surface area contributed by atoms with E-state index in [1.165, 1.54) is 0 Å². The second-order valence-corrected chi connectivity index (χ2v) is 5.33. The molecule has 0 atom stereocenters. The fourth-order valence-corrected chi connectivity index (χ4v) is 2.20. The Morgan fingerprint density at radius 3 is 2.70 bits per heavy atom. The molecular formula is C15H12BrN3O. The molecule has 1 aromatic heterocycles. The van der Waals surface area contributed by atoms with Crippen LogP contribution in [0.2, 0.25) is 0 Å². The SMILES string of the molecule is Cc1ccccc1-c1noc(-c2ccc(Br)c(N)c2)n1. The Bertz CT molecular complexity index is 767. The van der Waals surface area contributed by atoms with Crippen LogP contribution in [0.4, 0.5) is 5.69 Å². The number of benzene rings is 2. The van der Waals surface area contributed by atoms with Gasteiger partial charge in [0.25, 0.3) is 5.89 Å². The van der Waals surface area contributed by atoms with E-state index in [-0.39, 0.29) is 0 Å². The number of rotatable bonds is 2. The molecule has 4 nitrogen and oxygen atoms in total. The number of nitrogens with zero attached hydrogens (tertiary/aromatic N) is 2. The zero-order valence-corrected chi connectivity index (χ0v) is 12.4. The van der Waals surface area contributed by atoms with E-state index < -0.39 is 0 Å². The van der Waals surface area contributed by atoms with Crippen LogP contribution < -0.4 is 5.73 Å². The minimum atomic E-state index is 0.461. The number of anilines is 1. The Morgan fingerprint density at radius 2 is 1.95 bits per heavy atom. The van der Waals surface area contributed by atoms with Gasteiger partial charge in [-0.25, -0.2) is 0 Å². The molecule has 0 saturated heterocycles. The number of nitrogen functional groups attached to an aromatic ring is 1. The van der Waals surface area contributed by atoms with E-state index in [4.69, 9.17) is 10.3 Å². The minimum Gasteiger partial charge on any atom is -0.398 e. The zero-order chi connectivity index (χ0) is 14.1. The molecule has 0 aliphatic rings. The van der Waals surface area contributed by atoms with Crippen molar-refractivity contribution in [1.82, 2.24) is 10.1 Å². The fourth-order valence-electron chi connectivity index (χ4n) is 1.95. The van der Waals surface area contributed by atoms with Crippen LogP contribution in [0.15, 0.2) is 51.5 Å². The number of halogens is 1. The molecule has 2 N–H and O–H groups in total. The highest BCUT2D eigenvalue weighted by molar-refractivity contribution is 9.10. The topological polar surface area (TPSA) is 64.9 Å². The number of aryl methyl sites for hydroxylation is 1. The summed E-state index contributed by atoms with van der Waals surface area (Å²) < 4.78 is 6.17. The summed E-state index contributed by atoms with van der Waals surface area (Å²) in [6, 6.07) is 13.5. The molecule has 20 heavy (non-hydrogen) atoms. The lowest BCUT2D eigenvalue weighted by molar-refractivity contribution is 0.432. The molecule has 0 aliphatic heterocycles. The lowest BCUT2D eigenvalue weighted by Gasteiger charge is -1.99. The van der Waals surface area contributed by atoms with E-state index in [2.05, 4.69) is 26.1 Å². The average Bonchev–Trinajstić information content (AvgIpc) is 2.92. The number of hydrogen-bond donors (Lipinski definition) is 1. The molecule has 0 unspecified atom stereocenters. The van der Waals surface area contributed by atoms with Gasteiger partial charge >= 0.3 is 0 Å². The van der Waals surface area contributed by atoms with Gasteiger partial charge in [0.1, 0.15) is 0 Å². The molecule has 1 heterocycles. The number of hydrogen-bond acceptors (Lipinski definition) is 4. The van der Waals surface area contributed by atoms with Gasteiger partial charge in [-0.05, 0) is 46.6 Å². The van der Waals surface area contributed by atoms with E-state index in [0.717, 1.165) is 21.2 Å². The van der Waals surface area contributed by atoms with Crippen molar-refractivity contribution in [1.29, 1.82) is 0 Å². The highest BCUT2D eigenvalue weighted by Gasteiger charge is 2.12.